The van der Waals surface area contributed by atoms with E-state index in [1.54, 1.807) is 18.8 Å². The molecule has 1 saturated carbocycles. The number of hydrogen-bond donors (Lipinski definition) is 1. The molecule has 0 bridgehead atoms. The molecule has 0 atom stereocenters. The normalized spacial score (nSPS) is 15.1. The number of nitrogens with zero attached hydrogens (tertiary/aromatic N) is 3. The van der Waals surface area contributed by atoms with Crippen LogP contribution in [0.5, 0.6) is 5.75 Å². The zero-order chi connectivity index (χ0) is 28.8. The van der Waals surface area contributed by atoms with Crippen LogP contribution >= 0.6 is 0 Å². The largest absolute Gasteiger partial charge is 0.497 e. The fraction of sp³-hybridized carbons (Fsp3) is 0.364. The van der Waals surface area contributed by atoms with Gasteiger partial charge in [0.25, 0.3) is 5.91 Å². The molecule has 1 amide bonds. The highest BCUT2D eigenvalue weighted by atomic mass is 16.5. The predicted molar refractivity (Wildman–Crippen MR) is 160 cm³/mol. The van der Waals surface area contributed by atoms with Crippen molar-refractivity contribution in [2.45, 2.75) is 51.5 Å². The molecule has 4 aromatic rings. The molecule has 6 rings (SSSR count). The second-order valence-electron chi connectivity index (χ2n) is 11.0. The number of methoxy groups -OCH3 is 2. The number of benzene rings is 2. The topological polar surface area (TPSA) is 87.4 Å². The molecule has 2 aliphatic rings. The highest BCUT2D eigenvalue weighted by Gasteiger charge is 2.32. The number of aryl methyl sites for hydroxylation is 2. The molecule has 1 fully saturated rings. The Labute approximate surface area is 239 Å². The van der Waals surface area contributed by atoms with E-state index >= 15 is 0 Å². The first-order valence-electron chi connectivity index (χ1n) is 14.3. The Bertz CT molecular complexity index is 1720. The van der Waals surface area contributed by atoms with Crippen LogP contribution in [-0.2, 0) is 18.3 Å². The van der Waals surface area contributed by atoms with Gasteiger partial charge in [0.05, 0.1) is 37.8 Å². The van der Waals surface area contributed by atoms with E-state index in [0.29, 0.717) is 29.3 Å². The summed E-state index contributed by atoms with van der Waals surface area (Å²) in [6, 6.07) is 12.3. The highest BCUT2D eigenvalue weighted by Crippen LogP contribution is 2.48. The lowest BCUT2D eigenvalue weighted by molar-refractivity contribution is 0.0599. The quantitative estimate of drug-likeness (QED) is 0.302. The molecule has 212 valence electrons. The summed E-state index contributed by atoms with van der Waals surface area (Å²) in [6.45, 7) is 2.33. The van der Waals surface area contributed by atoms with E-state index < -0.39 is 5.97 Å². The van der Waals surface area contributed by atoms with Gasteiger partial charge in [-0.3, -0.25) is 9.48 Å². The van der Waals surface area contributed by atoms with Crippen molar-refractivity contribution in [3.05, 3.63) is 70.0 Å². The van der Waals surface area contributed by atoms with Crippen LogP contribution in [0.15, 0.2) is 36.4 Å². The van der Waals surface area contributed by atoms with Crippen molar-refractivity contribution in [3.8, 4) is 17.0 Å². The predicted octanol–water partition coefficient (Wildman–Crippen LogP) is 6.11. The van der Waals surface area contributed by atoms with E-state index in [0.717, 1.165) is 46.5 Å². The van der Waals surface area contributed by atoms with Crippen LogP contribution in [0, 0.1) is 6.92 Å². The Balaban J connectivity index is 1.69. The summed E-state index contributed by atoms with van der Waals surface area (Å²) in [5.74, 6) is 0.657. The second kappa shape index (κ2) is 10.6. The molecule has 0 spiro atoms. The third kappa shape index (κ3) is 4.42. The Morgan fingerprint density at radius 1 is 1.02 bits per heavy atom. The molecule has 0 radical (unpaired) electrons. The van der Waals surface area contributed by atoms with E-state index in [2.05, 4.69) is 39.3 Å². The fourth-order valence-corrected chi connectivity index (χ4v) is 6.84. The zero-order valence-corrected chi connectivity index (χ0v) is 24.3. The average Bonchev–Trinajstić information content (AvgIpc) is 3.41. The van der Waals surface area contributed by atoms with Crippen molar-refractivity contribution in [1.29, 1.82) is 0 Å². The van der Waals surface area contributed by atoms with E-state index in [4.69, 9.17) is 9.47 Å². The Morgan fingerprint density at radius 3 is 2.51 bits per heavy atom. The van der Waals surface area contributed by atoms with E-state index in [-0.39, 0.29) is 5.91 Å². The van der Waals surface area contributed by atoms with Crippen molar-refractivity contribution in [3.63, 3.8) is 0 Å². The average molecular weight is 553 g/mol. The molecule has 1 N–H and O–H groups in total. The first-order valence-corrected chi connectivity index (χ1v) is 14.3. The van der Waals surface area contributed by atoms with Gasteiger partial charge in [0.2, 0.25) is 0 Å². The lowest BCUT2D eigenvalue weighted by Crippen LogP contribution is -2.17. The Kier molecular flexibility index (Phi) is 6.93. The van der Waals surface area contributed by atoms with Gasteiger partial charge in [0.1, 0.15) is 11.3 Å². The Hall–Kier alpha value is -4.33. The maximum absolute atomic E-state index is 13.0. The number of fused-ring (bicyclic) bond motifs is 5. The number of allylic oxidation sites excluding steroid dienone is 1. The van der Waals surface area contributed by atoms with Gasteiger partial charge in [0.15, 0.2) is 0 Å². The smallest absolute Gasteiger partial charge is 0.341 e. The number of nitrogens with one attached hydrogen (secondary N) is 1. The molecule has 8 nitrogen and oxygen atoms in total. The molecule has 8 heteroatoms. The number of aromatic nitrogens is 3. The summed E-state index contributed by atoms with van der Waals surface area (Å²) >= 11 is 0. The van der Waals surface area contributed by atoms with Crippen LogP contribution in [0.25, 0.3) is 33.8 Å². The highest BCUT2D eigenvalue weighted by molar-refractivity contribution is 6.04. The monoisotopic (exact) mass is 552 g/mol. The van der Waals surface area contributed by atoms with Crippen LogP contribution in [0.4, 0.5) is 0 Å². The van der Waals surface area contributed by atoms with Crippen molar-refractivity contribution in [2.24, 2.45) is 7.05 Å². The maximum atomic E-state index is 13.0. The first kappa shape index (κ1) is 26.9. The summed E-state index contributed by atoms with van der Waals surface area (Å²) < 4.78 is 14.9. The molecule has 1 aliphatic heterocycles. The molecule has 2 aromatic heterocycles. The molecule has 0 unspecified atom stereocenters. The minimum absolute atomic E-state index is 0.119. The minimum Gasteiger partial charge on any atom is -0.497 e. The minimum atomic E-state index is -0.413. The summed E-state index contributed by atoms with van der Waals surface area (Å²) in [6.07, 6.45) is 8.12. The van der Waals surface area contributed by atoms with Gasteiger partial charge in [0, 0.05) is 36.1 Å². The lowest BCUT2D eigenvalue weighted by Gasteiger charge is -2.24. The third-order valence-electron chi connectivity index (χ3n) is 8.69. The number of rotatable bonds is 5. The van der Waals surface area contributed by atoms with Gasteiger partial charge in [-0.1, -0.05) is 25.3 Å². The molecular formula is C33H36N4O4. The van der Waals surface area contributed by atoms with Crippen molar-refractivity contribution in [2.75, 3.05) is 21.3 Å². The van der Waals surface area contributed by atoms with Gasteiger partial charge < -0.3 is 19.4 Å². The van der Waals surface area contributed by atoms with Gasteiger partial charge >= 0.3 is 5.97 Å². The van der Waals surface area contributed by atoms with E-state index in [9.17, 15) is 9.59 Å². The number of amides is 1. The van der Waals surface area contributed by atoms with Crippen LogP contribution in [0.1, 0.15) is 81.3 Å². The number of carbonyl (C=O) groups excluding carboxylic acids is 2. The summed E-state index contributed by atoms with van der Waals surface area (Å²) in [5, 5.41) is 8.56. The second-order valence-corrected chi connectivity index (χ2v) is 11.0. The molecule has 2 aromatic carbocycles. The molecule has 41 heavy (non-hydrogen) atoms. The molecular weight excluding hydrogens is 516 g/mol. The van der Waals surface area contributed by atoms with Crippen molar-refractivity contribution >= 4 is 34.4 Å². The number of esters is 1. The third-order valence-corrected chi connectivity index (χ3v) is 8.69. The zero-order valence-electron chi connectivity index (χ0n) is 24.3. The SMILES string of the molecule is CNC(=O)c1ccc2c(C3CCCCC3)c3n(c2c1)CC(c1c(C(=O)OC)c(C)nn1C)=Cc1cc(OC)ccc1-3. The molecule has 0 saturated heterocycles. The van der Waals surface area contributed by atoms with Crippen molar-refractivity contribution in [1.82, 2.24) is 19.7 Å². The summed E-state index contributed by atoms with van der Waals surface area (Å²) in [7, 11) is 6.59. The van der Waals surface area contributed by atoms with Crippen LogP contribution in [0.3, 0.4) is 0 Å². The standard InChI is InChI=1S/C33H36N4O4/c1-19-28(33(39)41-5)30(36(3)35-19)23-15-22-16-24(40-4)12-14-25(22)31-29(20-9-7-6-8-10-20)26-13-11-21(32(38)34-2)17-27(26)37(31)18-23/h11-17,20H,6-10,18H2,1-5H3,(H,34,38). The van der Waals surface area contributed by atoms with Crippen LogP contribution in [-0.4, -0.2) is 47.5 Å². The number of ether oxygens (including phenoxy) is 2. The Morgan fingerprint density at radius 2 is 1.80 bits per heavy atom. The van der Waals surface area contributed by atoms with Crippen LogP contribution < -0.4 is 10.1 Å². The molecule has 1 aliphatic carbocycles. The summed E-state index contributed by atoms with van der Waals surface area (Å²) in [5.41, 5.74) is 9.00. The van der Waals surface area contributed by atoms with Gasteiger partial charge in [-0.15, -0.1) is 0 Å². The van der Waals surface area contributed by atoms with Gasteiger partial charge in [-0.05, 0) is 78.8 Å². The molecule has 3 heterocycles. The first-order chi connectivity index (χ1) is 19.9. The maximum Gasteiger partial charge on any atom is 0.341 e. The van der Waals surface area contributed by atoms with E-state index in [1.165, 1.54) is 43.0 Å². The van der Waals surface area contributed by atoms with Crippen molar-refractivity contribution < 1.29 is 19.1 Å². The van der Waals surface area contributed by atoms with E-state index in [1.807, 2.05) is 32.2 Å². The number of hydrogen-bond acceptors (Lipinski definition) is 5. The fourth-order valence-electron chi connectivity index (χ4n) is 6.84. The summed E-state index contributed by atoms with van der Waals surface area (Å²) in [4.78, 5) is 25.7. The lowest BCUT2D eigenvalue weighted by atomic mass is 9.81. The van der Waals surface area contributed by atoms with Gasteiger partial charge in [-0.2, -0.15) is 5.10 Å². The van der Waals surface area contributed by atoms with Gasteiger partial charge in [-0.25, -0.2) is 4.79 Å². The van der Waals surface area contributed by atoms with Crippen LogP contribution in [0.2, 0.25) is 0 Å². The number of carbonyl (C=O) groups is 2.